The summed E-state index contributed by atoms with van der Waals surface area (Å²) < 4.78 is 7.30. The molecule has 156 valence electrons. The maximum Gasteiger partial charge on any atom is 0.242 e. The van der Waals surface area contributed by atoms with Crippen molar-refractivity contribution >= 4 is 34.6 Å². The van der Waals surface area contributed by atoms with Crippen molar-refractivity contribution in [3.8, 4) is 0 Å². The van der Waals surface area contributed by atoms with Crippen molar-refractivity contribution in [3.63, 3.8) is 0 Å². The highest BCUT2D eigenvalue weighted by Gasteiger charge is 2.23. The first kappa shape index (κ1) is 20.2. The third kappa shape index (κ3) is 4.75. The molecule has 1 aromatic carbocycles. The maximum absolute atomic E-state index is 12.8. The Bertz CT molecular complexity index is 870. The van der Waals surface area contributed by atoms with E-state index < -0.39 is 0 Å². The number of imidazole rings is 1. The molecule has 7 nitrogen and oxygen atoms in total. The number of morpholine rings is 1. The first-order valence-electron chi connectivity index (χ1n) is 10.3. The van der Waals surface area contributed by atoms with Gasteiger partial charge in [0.1, 0.15) is 6.54 Å². The van der Waals surface area contributed by atoms with Crippen LogP contribution in [0.1, 0.15) is 19.8 Å². The molecular weight excluding hydrogens is 388 g/mol. The predicted molar refractivity (Wildman–Crippen MR) is 113 cm³/mol. The Labute approximate surface area is 175 Å². The SMILES string of the molecule is CC1CCN(C(=O)CSc2nc3ccccc3n2CC(=O)N2CCOCC2)CC1. The molecule has 2 aliphatic rings. The van der Waals surface area contributed by atoms with Gasteiger partial charge < -0.3 is 19.1 Å². The molecule has 0 saturated carbocycles. The second-order valence-corrected chi connectivity index (χ2v) is 8.76. The van der Waals surface area contributed by atoms with E-state index in [0.717, 1.165) is 42.1 Å². The quantitative estimate of drug-likeness (QED) is 0.700. The van der Waals surface area contributed by atoms with Crippen molar-refractivity contribution in [1.29, 1.82) is 0 Å². The molecule has 2 fully saturated rings. The average Bonchev–Trinajstić information content (AvgIpc) is 3.10. The van der Waals surface area contributed by atoms with Gasteiger partial charge in [0, 0.05) is 26.2 Å². The van der Waals surface area contributed by atoms with Gasteiger partial charge in [0.2, 0.25) is 11.8 Å². The fourth-order valence-corrected chi connectivity index (χ4v) is 4.76. The number of hydrogen-bond acceptors (Lipinski definition) is 5. The van der Waals surface area contributed by atoms with Gasteiger partial charge in [-0.2, -0.15) is 0 Å². The Kier molecular flexibility index (Phi) is 6.40. The van der Waals surface area contributed by atoms with Crippen LogP contribution in [-0.4, -0.2) is 76.3 Å². The van der Waals surface area contributed by atoms with Crippen LogP contribution in [0.15, 0.2) is 29.4 Å². The largest absolute Gasteiger partial charge is 0.378 e. The summed E-state index contributed by atoms with van der Waals surface area (Å²) in [5.74, 6) is 1.26. The van der Waals surface area contributed by atoms with E-state index in [9.17, 15) is 9.59 Å². The minimum atomic E-state index is 0.0645. The van der Waals surface area contributed by atoms with Crippen LogP contribution in [-0.2, 0) is 20.9 Å². The highest BCUT2D eigenvalue weighted by molar-refractivity contribution is 7.99. The fraction of sp³-hybridized carbons (Fsp3) is 0.571. The van der Waals surface area contributed by atoms with E-state index in [2.05, 4.69) is 6.92 Å². The van der Waals surface area contributed by atoms with Crippen LogP contribution in [0.4, 0.5) is 0 Å². The number of rotatable bonds is 5. The lowest BCUT2D eigenvalue weighted by atomic mass is 9.99. The molecule has 0 unspecified atom stereocenters. The first-order chi connectivity index (χ1) is 14.1. The zero-order chi connectivity index (χ0) is 20.2. The summed E-state index contributed by atoms with van der Waals surface area (Å²) in [6.45, 7) is 6.57. The molecule has 3 heterocycles. The van der Waals surface area contributed by atoms with Gasteiger partial charge >= 0.3 is 0 Å². The number of likely N-dealkylation sites (tertiary alicyclic amines) is 1. The number of ether oxygens (including phenoxy) is 1. The summed E-state index contributed by atoms with van der Waals surface area (Å²) in [7, 11) is 0. The monoisotopic (exact) mass is 416 g/mol. The third-order valence-electron chi connectivity index (χ3n) is 5.74. The highest BCUT2D eigenvalue weighted by Crippen LogP contribution is 2.25. The van der Waals surface area contributed by atoms with Crippen LogP contribution in [0, 0.1) is 5.92 Å². The Morgan fingerprint density at radius 1 is 1.07 bits per heavy atom. The second-order valence-electron chi connectivity index (χ2n) is 7.81. The number of nitrogens with zero attached hydrogens (tertiary/aromatic N) is 4. The summed E-state index contributed by atoms with van der Waals surface area (Å²) in [5.41, 5.74) is 1.78. The Balaban J connectivity index is 1.47. The van der Waals surface area contributed by atoms with Gasteiger partial charge in [-0.3, -0.25) is 9.59 Å². The van der Waals surface area contributed by atoms with Gasteiger partial charge in [-0.1, -0.05) is 30.8 Å². The van der Waals surface area contributed by atoms with Gasteiger partial charge in [0.05, 0.1) is 30.0 Å². The van der Waals surface area contributed by atoms with Crippen molar-refractivity contribution in [2.75, 3.05) is 45.1 Å². The van der Waals surface area contributed by atoms with Crippen LogP contribution < -0.4 is 0 Å². The third-order valence-corrected chi connectivity index (χ3v) is 6.70. The number of carbonyl (C=O) groups excluding carboxylic acids is 2. The molecule has 0 atom stereocenters. The summed E-state index contributed by atoms with van der Waals surface area (Å²) >= 11 is 1.43. The number of hydrogen-bond donors (Lipinski definition) is 0. The number of fused-ring (bicyclic) bond motifs is 1. The number of benzene rings is 1. The average molecular weight is 417 g/mol. The summed E-state index contributed by atoms with van der Waals surface area (Å²) in [6.07, 6.45) is 2.14. The molecule has 0 spiro atoms. The molecular formula is C21H28N4O3S. The normalized spacial score (nSPS) is 18.4. The first-order valence-corrected chi connectivity index (χ1v) is 11.3. The predicted octanol–water partition coefficient (Wildman–Crippen LogP) is 2.25. The van der Waals surface area contributed by atoms with Crippen LogP contribution in [0.5, 0.6) is 0 Å². The van der Waals surface area contributed by atoms with E-state index in [4.69, 9.17) is 9.72 Å². The minimum Gasteiger partial charge on any atom is -0.378 e. The molecule has 0 aliphatic carbocycles. The lowest BCUT2D eigenvalue weighted by Gasteiger charge is -2.30. The van der Waals surface area contributed by atoms with E-state index in [-0.39, 0.29) is 18.4 Å². The second kappa shape index (κ2) is 9.17. The molecule has 2 amide bonds. The van der Waals surface area contributed by atoms with Gasteiger partial charge in [-0.05, 0) is 30.9 Å². The number of carbonyl (C=O) groups is 2. The Morgan fingerprint density at radius 3 is 2.52 bits per heavy atom. The molecule has 8 heteroatoms. The zero-order valence-corrected chi connectivity index (χ0v) is 17.7. The van der Waals surface area contributed by atoms with Crippen LogP contribution >= 0.6 is 11.8 Å². The Morgan fingerprint density at radius 2 is 1.76 bits per heavy atom. The number of aromatic nitrogens is 2. The number of para-hydroxylation sites is 2. The van der Waals surface area contributed by atoms with Gasteiger partial charge in [0.15, 0.2) is 5.16 Å². The summed E-state index contributed by atoms with van der Waals surface area (Å²) in [4.78, 5) is 34.0. The molecule has 2 saturated heterocycles. The molecule has 29 heavy (non-hydrogen) atoms. The van der Waals surface area contributed by atoms with E-state index >= 15 is 0 Å². The fourth-order valence-electron chi connectivity index (χ4n) is 3.84. The van der Waals surface area contributed by atoms with Crippen molar-refractivity contribution in [3.05, 3.63) is 24.3 Å². The molecule has 2 aliphatic heterocycles. The summed E-state index contributed by atoms with van der Waals surface area (Å²) in [6, 6.07) is 7.82. The lowest BCUT2D eigenvalue weighted by molar-refractivity contribution is -0.136. The molecule has 0 N–H and O–H groups in total. The van der Waals surface area contributed by atoms with E-state index in [1.165, 1.54) is 11.8 Å². The van der Waals surface area contributed by atoms with Crippen molar-refractivity contribution in [2.45, 2.75) is 31.5 Å². The standard InChI is InChI=1S/C21H28N4O3S/c1-16-6-8-23(9-7-16)20(27)15-29-21-22-17-4-2-3-5-18(17)25(21)14-19(26)24-10-12-28-13-11-24/h2-5,16H,6-15H2,1H3. The topological polar surface area (TPSA) is 67.7 Å². The van der Waals surface area contributed by atoms with E-state index in [1.54, 1.807) is 0 Å². The summed E-state index contributed by atoms with van der Waals surface area (Å²) in [5, 5.41) is 0.728. The zero-order valence-electron chi connectivity index (χ0n) is 16.9. The molecule has 2 aromatic rings. The van der Waals surface area contributed by atoms with E-state index in [1.807, 2.05) is 38.6 Å². The van der Waals surface area contributed by atoms with Crippen LogP contribution in [0.25, 0.3) is 11.0 Å². The van der Waals surface area contributed by atoms with E-state index in [0.29, 0.717) is 38.0 Å². The van der Waals surface area contributed by atoms with Crippen molar-refractivity contribution < 1.29 is 14.3 Å². The minimum absolute atomic E-state index is 0.0645. The number of thioether (sulfide) groups is 1. The lowest BCUT2D eigenvalue weighted by Crippen LogP contribution is -2.42. The molecule has 1 aromatic heterocycles. The van der Waals surface area contributed by atoms with Crippen molar-refractivity contribution in [1.82, 2.24) is 19.4 Å². The molecule has 0 radical (unpaired) electrons. The van der Waals surface area contributed by atoms with Crippen LogP contribution in [0.2, 0.25) is 0 Å². The highest BCUT2D eigenvalue weighted by atomic mass is 32.2. The number of piperidine rings is 1. The molecule has 0 bridgehead atoms. The van der Waals surface area contributed by atoms with Gasteiger partial charge in [-0.15, -0.1) is 0 Å². The maximum atomic E-state index is 12.8. The smallest absolute Gasteiger partial charge is 0.242 e. The Hall–Kier alpha value is -2.06. The van der Waals surface area contributed by atoms with Crippen LogP contribution in [0.3, 0.4) is 0 Å². The van der Waals surface area contributed by atoms with Gasteiger partial charge in [-0.25, -0.2) is 4.98 Å². The molecule has 4 rings (SSSR count). The van der Waals surface area contributed by atoms with Crippen molar-refractivity contribution in [2.24, 2.45) is 5.92 Å². The number of amides is 2. The van der Waals surface area contributed by atoms with Gasteiger partial charge in [0.25, 0.3) is 0 Å².